The molecule has 1 aliphatic heterocycles. The van der Waals surface area contributed by atoms with E-state index in [1.54, 1.807) is 6.08 Å². The van der Waals surface area contributed by atoms with Crippen LogP contribution in [0.5, 0.6) is 0 Å². The Labute approximate surface area is 192 Å². The number of rotatable bonds is 3. The third kappa shape index (κ3) is 2.75. The highest BCUT2D eigenvalue weighted by Gasteiger charge is 2.68. The number of carbonyl (C=O) groups excluding carboxylic acids is 2. The third-order valence-corrected chi connectivity index (χ3v) is 10.3. The minimum absolute atomic E-state index is 0.0154. The zero-order valence-corrected chi connectivity index (χ0v) is 20.5. The Morgan fingerprint density at radius 2 is 1.88 bits per heavy atom. The van der Waals surface area contributed by atoms with Crippen LogP contribution in [-0.4, -0.2) is 34.0 Å². The Hall–Kier alpha value is -1.52. The number of ketones is 2. The van der Waals surface area contributed by atoms with Gasteiger partial charge >= 0.3 is 0 Å². The lowest BCUT2D eigenvalue weighted by molar-refractivity contribution is -0.208. The number of ether oxygens (including phenoxy) is 1. The molecule has 32 heavy (non-hydrogen) atoms. The molecule has 174 valence electrons. The molecule has 7 atom stereocenters. The highest BCUT2D eigenvalue weighted by molar-refractivity contribution is 6.13. The minimum atomic E-state index is -0.750. The van der Waals surface area contributed by atoms with Crippen LogP contribution < -0.4 is 0 Å². The van der Waals surface area contributed by atoms with Crippen LogP contribution >= 0.6 is 0 Å². The standard InChI is InChI=1S/C28H38O4/c1-16(25(3,4)31)13-24-17(2)19-9-12-28(32-24)21-15-23(30)22-14-18(29)7-10-26(22,5)20(21)8-11-27(19,28)6/h8,14-17,19,24,31H,7,9-13H2,1-6H3/t16-,17?,19?,24?,26+,27+,28?/m0/s1. The van der Waals surface area contributed by atoms with Gasteiger partial charge in [-0.15, -0.1) is 0 Å². The van der Waals surface area contributed by atoms with E-state index in [1.807, 2.05) is 19.9 Å². The van der Waals surface area contributed by atoms with Crippen LogP contribution in [-0.2, 0) is 14.3 Å². The Morgan fingerprint density at radius 3 is 2.56 bits per heavy atom. The molecule has 1 N–H and O–H groups in total. The number of aliphatic hydroxyl groups is 1. The molecule has 5 rings (SSSR count). The summed E-state index contributed by atoms with van der Waals surface area (Å²) in [5, 5.41) is 10.6. The maximum Gasteiger partial charge on any atom is 0.183 e. The molecule has 4 nitrogen and oxygen atoms in total. The van der Waals surface area contributed by atoms with Crippen LogP contribution in [0.2, 0.25) is 0 Å². The van der Waals surface area contributed by atoms with Crippen molar-refractivity contribution in [3.05, 3.63) is 34.9 Å². The largest absolute Gasteiger partial charge is 0.390 e. The average molecular weight is 439 g/mol. The Bertz CT molecular complexity index is 978. The molecule has 2 bridgehead atoms. The summed E-state index contributed by atoms with van der Waals surface area (Å²) in [6.45, 7) is 12.7. The first-order valence-electron chi connectivity index (χ1n) is 12.5. The highest BCUT2D eigenvalue weighted by Crippen LogP contribution is 2.70. The van der Waals surface area contributed by atoms with Gasteiger partial charge in [0, 0.05) is 22.8 Å². The van der Waals surface area contributed by atoms with Crippen LogP contribution in [0.25, 0.3) is 0 Å². The molecule has 1 saturated carbocycles. The van der Waals surface area contributed by atoms with E-state index in [0.717, 1.165) is 31.3 Å². The lowest BCUT2D eigenvalue weighted by Crippen LogP contribution is -2.61. The lowest BCUT2D eigenvalue weighted by Gasteiger charge is -2.60. The van der Waals surface area contributed by atoms with Gasteiger partial charge in [-0.05, 0) is 87.0 Å². The minimum Gasteiger partial charge on any atom is -0.390 e. The van der Waals surface area contributed by atoms with E-state index in [9.17, 15) is 14.7 Å². The van der Waals surface area contributed by atoms with E-state index >= 15 is 0 Å². The first-order chi connectivity index (χ1) is 14.8. The number of carbonyl (C=O) groups is 2. The van der Waals surface area contributed by atoms with Gasteiger partial charge in [0.15, 0.2) is 11.6 Å². The summed E-state index contributed by atoms with van der Waals surface area (Å²) in [6.07, 6.45) is 10.8. The van der Waals surface area contributed by atoms with Crippen molar-refractivity contribution in [1.82, 2.24) is 0 Å². The van der Waals surface area contributed by atoms with Gasteiger partial charge in [0.2, 0.25) is 0 Å². The topological polar surface area (TPSA) is 63.6 Å². The number of hydrogen-bond donors (Lipinski definition) is 1. The maximum absolute atomic E-state index is 13.3. The first kappa shape index (κ1) is 22.3. The molecule has 0 radical (unpaired) electrons. The summed E-state index contributed by atoms with van der Waals surface area (Å²) in [5.74, 6) is 1.10. The second-order valence-corrected chi connectivity index (χ2v) is 12.3. The van der Waals surface area contributed by atoms with Gasteiger partial charge in [-0.3, -0.25) is 9.59 Å². The molecule has 0 aromatic rings. The molecule has 2 fully saturated rings. The van der Waals surface area contributed by atoms with E-state index in [2.05, 4.69) is 33.8 Å². The smallest absolute Gasteiger partial charge is 0.183 e. The zero-order chi connectivity index (χ0) is 23.3. The fourth-order valence-corrected chi connectivity index (χ4v) is 7.74. The second kappa shape index (κ2) is 6.76. The van der Waals surface area contributed by atoms with Crippen molar-refractivity contribution < 1.29 is 19.4 Å². The van der Waals surface area contributed by atoms with Crippen LogP contribution in [0.1, 0.15) is 80.1 Å². The van der Waals surface area contributed by atoms with Crippen molar-refractivity contribution >= 4 is 11.6 Å². The lowest BCUT2D eigenvalue weighted by atomic mass is 9.51. The molecule has 1 saturated heterocycles. The molecule has 4 aliphatic carbocycles. The predicted molar refractivity (Wildman–Crippen MR) is 124 cm³/mol. The molecule has 0 aromatic carbocycles. The zero-order valence-electron chi connectivity index (χ0n) is 20.5. The summed E-state index contributed by atoms with van der Waals surface area (Å²) >= 11 is 0. The third-order valence-electron chi connectivity index (χ3n) is 10.3. The van der Waals surface area contributed by atoms with Gasteiger partial charge in [-0.1, -0.05) is 33.8 Å². The monoisotopic (exact) mass is 438 g/mol. The highest BCUT2D eigenvalue weighted by atomic mass is 16.5. The van der Waals surface area contributed by atoms with Gasteiger partial charge < -0.3 is 9.84 Å². The van der Waals surface area contributed by atoms with Gasteiger partial charge in [0.05, 0.1) is 17.3 Å². The molecular weight excluding hydrogens is 400 g/mol. The van der Waals surface area contributed by atoms with E-state index in [0.29, 0.717) is 30.3 Å². The molecular formula is C28H38O4. The molecule has 0 spiro atoms. The molecule has 5 aliphatic rings. The van der Waals surface area contributed by atoms with Gasteiger partial charge in [0.25, 0.3) is 0 Å². The van der Waals surface area contributed by atoms with Crippen LogP contribution in [0.3, 0.4) is 0 Å². The molecule has 4 unspecified atom stereocenters. The van der Waals surface area contributed by atoms with Crippen LogP contribution in [0, 0.1) is 28.6 Å². The summed E-state index contributed by atoms with van der Waals surface area (Å²) in [4.78, 5) is 25.4. The second-order valence-electron chi connectivity index (χ2n) is 12.3. The van der Waals surface area contributed by atoms with Crippen molar-refractivity contribution in [1.29, 1.82) is 0 Å². The first-order valence-corrected chi connectivity index (χ1v) is 12.5. The number of fused-ring (bicyclic) bond motifs is 3. The van der Waals surface area contributed by atoms with Gasteiger partial charge in [0.1, 0.15) is 0 Å². The molecule has 4 heteroatoms. The average Bonchev–Trinajstić information content (AvgIpc) is 2.91. The normalized spacial score (nSPS) is 44.1. The summed E-state index contributed by atoms with van der Waals surface area (Å²) < 4.78 is 7.15. The molecule has 1 heterocycles. The van der Waals surface area contributed by atoms with Crippen molar-refractivity contribution in [2.75, 3.05) is 0 Å². The van der Waals surface area contributed by atoms with Crippen LogP contribution in [0.15, 0.2) is 34.9 Å². The van der Waals surface area contributed by atoms with E-state index < -0.39 is 16.6 Å². The van der Waals surface area contributed by atoms with Crippen molar-refractivity contribution in [2.24, 2.45) is 28.6 Å². The molecule has 0 aromatic heterocycles. The fraction of sp³-hybridized carbons (Fsp3) is 0.714. The Kier molecular flexibility index (Phi) is 4.71. The Morgan fingerprint density at radius 1 is 1.16 bits per heavy atom. The van der Waals surface area contributed by atoms with E-state index in [4.69, 9.17) is 4.74 Å². The predicted octanol–water partition coefficient (Wildman–Crippen LogP) is 5.11. The van der Waals surface area contributed by atoms with Gasteiger partial charge in [-0.25, -0.2) is 0 Å². The van der Waals surface area contributed by atoms with Crippen molar-refractivity contribution in [2.45, 2.75) is 97.4 Å². The van der Waals surface area contributed by atoms with E-state index in [-0.39, 0.29) is 29.0 Å². The number of allylic oxidation sites excluding steroid dienone is 4. The summed E-state index contributed by atoms with van der Waals surface area (Å²) in [5.41, 5.74) is 1.33. The molecule has 0 amide bonds. The summed E-state index contributed by atoms with van der Waals surface area (Å²) in [7, 11) is 0. The maximum atomic E-state index is 13.3. The number of hydrogen-bond acceptors (Lipinski definition) is 4. The van der Waals surface area contributed by atoms with Crippen LogP contribution in [0.4, 0.5) is 0 Å². The van der Waals surface area contributed by atoms with E-state index in [1.165, 1.54) is 5.57 Å². The summed E-state index contributed by atoms with van der Waals surface area (Å²) in [6, 6.07) is 0. The quantitative estimate of drug-likeness (QED) is 0.665. The van der Waals surface area contributed by atoms with Gasteiger partial charge in [-0.2, -0.15) is 0 Å². The van der Waals surface area contributed by atoms with Crippen molar-refractivity contribution in [3.8, 4) is 0 Å². The SMILES string of the molecule is CC1C(C[C@H](C)C(C)(C)O)OC23CCC1[C@@]2(C)CC=C1C3=CC(=O)C2=CC(=O)CC[C@@]21C. The fourth-order valence-electron chi connectivity index (χ4n) is 7.74. The Balaban J connectivity index is 1.60. The van der Waals surface area contributed by atoms with Crippen molar-refractivity contribution in [3.63, 3.8) is 0 Å².